The summed E-state index contributed by atoms with van der Waals surface area (Å²) >= 11 is 2.05. The van der Waals surface area contributed by atoms with Gasteiger partial charge in [-0.25, -0.2) is 4.39 Å². The Labute approximate surface area is 132 Å². The van der Waals surface area contributed by atoms with E-state index >= 15 is 0 Å². The first kappa shape index (κ1) is 16.8. The Morgan fingerprint density at radius 2 is 2.10 bits per heavy atom. The van der Waals surface area contributed by atoms with Gasteiger partial charge < -0.3 is 4.74 Å². The molecule has 4 heteroatoms. The smallest absolute Gasteiger partial charge is 0.123 e. The van der Waals surface area contributed by atoms with Gasteiger partial charge in [0, 0.05) is 13.1 Å². The zero-order chi connectivity index (χ0) is 15.1. The second-order valence-electron chi connectivity index (χ2n) is 6.03. The lowest BCUT2D eigenvalue weighted by Gasteiger charge is -2.33. The number of thioether (sulfide) groups is 1. The minimum absolute atomic E-state index is 0.0858. The van der Waals surface area contributed by atoms with E-state index in [-0.39, 0.29) is 11.9 Å². The van der Waals surface area contributed by atoms with Crippen LogP contribution in [-0.4, -0.2) is 42.6 Å². The Balaban J connectivity index is 1.72. The summed E-state index contributed by atoms with van der Waals surface area (Å²) in [5, 5.41) is 0. The number of halogens is 1. The van der Waals surface area contributed by atoms with Gasteiger partial charge in [0.05, 0.1) is 12.7 Å². The minimum atomic E-state index is -0.186. The Bertz CT molecular complexity index is 410. The quantitative estimate of drug-likeness (QED) is 0.707. The van der Waals surface area contributed by atoms with Crippen LogP contribution in [0.4, 0.5) is 4.39 Å². The summed E-state index contributed by atoms with van der Waals surface area (Å²) in [6.45, 7) is 8.35. The van der Waals surface area contributed by atoms with Crippen LogP contribution in [-0.2, 0) is 4.74 Å². The Morgan fingerprint density at radius 3 is 2.81 bits per heavy atom. The maximum absolute atomic E-state index is 13.0. The van der Waals surface area contributed by atoms with Gasteiger partial charge in [0.15, 0.2) is 0 Å². The fourth-order valence-electron chi connectivity index (χ4n) is 2.49. The standard InChI is InChI=1S/C17H26FNOS/c1-14(2)13-21-11-3-8-19-9-10-20-17(12-19)15-4-6-16(18)7-5-15/h4-7,14,17H,3,8-13H2,1-2H3/t17-/m1/s1. The van der Waals surface area contributed by atoms with Crippen LogP contribution in [0.15, 0.2) is 24.3 Å². The van der Waals surface area contributed by atoms with Gasteiger partial charge in [-0.15, -0.1) is 0 Å². The lowest BCUT2D eigenvalue weighted by molar-refractivity contribution is -0.0297. The van der Waals surface area contributed by atoms with Gasteiger partial charge in [0.1, 0.15) is 5.82 Å². The molecule has 1 aliphatic heterocycles. The van der Waals surface area contributed by atoms with Crippen molar-refractivity contribution in [3.05, 3.63) is 35.6 Å². The summed E-state index contributed by atoms with van der Waals surface area (Å²) in [7, 11) is 0. The van der Waals surface area contributed by atoms with Crippen LogP contribution in [0.1, 0.15) is 31.9 Å². The fourth-order valence-corrected chi connectivity index (χ4v) is 3.47. The molecule has 0 aromatic heterocycles. The van der Waals surface area contributed by atoms with E-state index in [0.29, 0.717) is 0 Å². The van der Waals surface area contributed by atoms with E-state index in [9.17, 15) is 4.39 Å². The first-order chi connectivity index (χ1) is 10.1. The highest BCUT2D eigenvalue weighted by Gasteiger charge is 2.21. The predicted octanol–water partition coefficient (Wildman–Crippen LogP) is 3.98. The molecule has 118 valence electrons. The zero-order valence-electron chi connectivity index (χ0n) is 13.1. The van der Waals surface area contributed by atoms with Gasteiger partial charge in [-0.1, -0.05) is 26.0 Å². The third-order valence-corrected chi connectivity index (χ3v) is 5.09. The van der Waals surface area contributed by atoms with Gasteiger partial charge in [-0.3, -0.25) is 4.90 Å². The van der Waals surface area contributed by atoms with Gasteiger partial charge in [-0.2, -0.15) is 11.8 Å². The summed E-state index contributed by atoms with van der Waals surface area (Å²) in [6.07, 6.45) is 1.32. The normalized spacial score (nSPS) is 20.1. The summed E-state index contributed by atoms with van der Waals surface area (Å²) in [4.78, 5) is 2.47. The van der Waals surface area contributed by atoms with Gasteiger partial charge in [0.2, 0.25) is 0 Å². The van der Waals surface area contributed by atoms with Gasteiger partial charge in [0.25, 0.3) is 0 Å². The molecular formula is C17H26FNOS. The van der Waals surface area contributed by atoms with Crippen LogP contribution < -0.4 is 0 Å². The van der Waals surface area contributed by atoms with Crippen molar-refractivity contribution in [1.82, 2.24) is 4.90 Å². The van der Waals surface area contributed by atoms with E-state index in [4.69, 9.17) is 4.74 Å². The molecule has 0 unspecified atom stereocenters. The topological polar surface area (TPSA) is 12.5 Å². The molecule has 1 aromatic rings. The lowest BCUT2D eigenvalue weighted by atomic mass is 10.1. The largest absolute Gasteiger partial charge is 0.371 e. The monoisotopic (exact) mass is 311 g/mol. The van der Waals surface area contributed by atoms with Crippen LogP contribution in [0.5, 0.6) is 0 Å². The van der Waals surface area contributed by atoms with E-state index in [2.05, 4.69) is 18.7 Å². The number of nitrogens with zero attached hydrogens (tertiary/aromatic N) is 1. The number of hydrogen-bond acceptors (Lipinski definition) is 3. The van der Waals surface area contributed by atoms with Crippen molar-refractivity contribution in [2.45, 2.75) is 26.4 Å². The van der Waals surface area contributed by atoms with Crippen LogP contribution >= 0.6 is 11.8 Å². The number of ether oxygens (including phenoxy) is 1. The molecule has 2 rings (SSSR count). The summed E-state index contributed by atoms with van der Waals surface area (Å²) in [6, 6.07) is 6.70. The molecule has 1 fully saturated rings. The Morgan fingerprint density at radius 1 is 1.33 bits per heavy atom. The van der Waals surface area contributed by atoms with Crippen LogP contribution in [0.2, 0.25) is 0 Å². The van der Waals surface area contributed by atoms with E-state index < -0.39 is 0 Å². The van der Waals surface area contributed by atoms with Crippen LogP contribution in [0.25, 0.3) is 0 Å². The van der Waals surface area contributed by atoms with E-state index in [0.717, 1.165) is 37.7 Å². The molecule has 0 saturated carbocycles. The highest BCUT2D eigenvalue weighted by molar-refractivity contribution is 7.99. The SMILES string of the molecule is CC(C)CSCCCN1CCO[C@@H](c2ccc(F)cc2)C1. The van der Waals surface area contributed by atoms with Crippen LogP contribution in [0, 0.1) is 11.7 Å². The number of hydrogen-bond donors (Lipinski definition) is 0. The fraction of sp³-hybridized carbons (Fsp3) is 0.647. The van der Waals surface area contributed by atoms with E-state index in [1.807, 2.05) is 23.9 Å². The van der Waals surface area contributed by atoms with E-state index in [1.54, 1.807) is 0 Å². The number of rotatable bonds is 7. The molecule has 1 aromatic carbocycles. The molecule has 2 nitrogen and oxygen atoms in total. The van der Waals surface area contributed by atoms with Crippen molar-refractivity contribution in [3.63, 3.8) is 0 Å². The number of morpholine rings is 1. The summed E-state index contributed by atoms with van der Waals surface area (Å²) in [5.41, 5.74) is 1.08. The predicted molar refractivity (Wildman–Crippen MR) is 88.3 cm³/mol. The third-order valence-electron chi connectivity index (χ3n) is 3.61. The van der Waals surface area contributed by atoms with Crippen molar-refractivity contribution in [2.75, 3.05) is 37.7 Å². The molecule has 0 radical (unpaired) electrons. The first-order valence-corrected chi connectivity index (χ1v) is 8.98. The molecular weight excluding hydrogens is 285 g/mol. The molecule has 1 atom stereocenters. The second kappa shape index (κ2) is 8.76. The second-order valence-corrected chi connectivity index (χ2v) is 7.18. The third kappa shape index (κ3) is 5.97. The van der Waals surface area contributed by atoms with Crippen molar-refractivity contribution in [1.29, 1.82) is 0 Å². The van der Waals surface area contributed by atoms with Crippen molar-refractivity contribution in [2.24, 2.45) is 5.92 Å². The van der Waals surface area contributed by atoms with Gasteiger partial charge in [-0.05, 0) is 48.1 Å². The highest BCUT2D eigenvalue weighted by Crippen LogP contribution is 2.22. The first-order valence-electron chi connectivity index (χ1n) is 7.82. The molecule has 0 aliphatic carbocycles. The lowest BCUT2D eigenvalue weighted by Crippen LogP contribution is -2.39. The molecule has 0 N–H and O–H groups in total. The zero-order valence-corrected chi connectivity index (χ0v) is 13.9. The number of benzene rings is 1. The maximum Gasteiger partial charge on any atom is 0.123 e. The average molecular weight is 311 g/mol. The van der Waals surface area contributed by atoms with Crippen LogP contribution in [0.3, 0.4) is 0 Å². The highest BCUT2D eigenvalue weighted by atomic mass is 32.2. The average Bonchev–Trinajstić information content (AvgIpc) is 2.48. The molecule has 1 saturated heterocycles. The Hall–Kier alpha value is -0.580. The van der Waals surface area contributed by atoms with Crippen molar-refractivity contribution < 1.29 is 9.13 Å². The molecule has 1 heterocycles. The van der Waals surface area contributed by atoms with E-state index in [1.165, 1.54) is 30.1 Å². The summed E-state index contributed by atoms with van der Waals surface area (Å²) in [5.74, 6) is 3.08. The molecule has 0 amide bonds. The molecule has 0 bridgehead atoms. The van der Waals surface area contributed by atoms with Crippen molar-refractivity contribution in [3.8, 4) is 0 Å². The Kier molecular flexibility index (Phi) is 7.00. The maximum atomic E-state index is 13.0. The molecule has 0 spiro atoms. The molecule has 1 aliphatic rings. The van der Waals surface area contributed by atoms with Crippen molar-refractivity contribution >= 4 is 11.8 Å². The molecule has 21 heavy (non-hydrogen) atoms. The summed E-state index contributed by atoms with van der Waals surface area (Å²) < 4.78 is 18.8. The minimum Gasteiger partial charge on any atom is -0.371 e. The van der Waals surface area contributed by atoms with Gasteiger partial charge >= 0.3 is 0 Å².